The Morgan fingerprint density at radius 2 is 1.62 bits per heavy atom. The molecule has 0 aromatic heterocycles. The highest BCUT2D eigenvalue weighted by Crippen LogP contribution is 2.25. The lowest BCUT2D eigenvalue weighted by Crippen LogP contribution is -2.17. The Hall–Kier alpha value is -1.73. The normalized spacial score (nSPS) is 9.71. The van der Waals surface area contributed by atoms with Gasteiger partial charge in [0.2, 0.25) is 11.8 Å². The van der Waals surface area contributed by atoms with E-state index in [9.17, 15) is 18.4 Å². The van der Waals surface area contributed by atoms with Crippen LogP contribution >= 0.6 is 12.4 Å². The van der Waals surface area contributed by atoms with Crippen LogP contribution in [0, 0.1) is 11.6 Å². The second kappa shape index (κ2) is 9.25. The fraction of sp³-hybridized carbons (Fsp3) is 0.385. The highest BCUT2D eigenvalue weighted by atomic mass is 35.5. The molecule has 1 aromatic rings. The molecular weight excluding hydrogens is 304 g/mol. The Morgan fingerprint density at radius 1 is 1.10 bits per heavy atom. The molecule has 0 aliphatic heterocycles. The van der Waals surface area contributed by atoms with Gasteiger partial charge in [-0.25, -0.2) is 8.78 Å². The van der Waals surface area contributed by atoms with Crippen molar-refractivity contribution in [2.75, 3.05) is 24.2 Å². The number of anilines is 2. The summed E-state index contributed by atoms with van der Waals surface area (Å²) in [5.74, 6) is -2.97. The van der Waals surface area contributed by atoms with Gasteiger partial charge in [0.1, 0.15) is 0 Å². The molecule has 0 radical (unpaired) electrons. The van der Waals surface area contributed by atoms with Gasteiger partial charge in [-0.2, -0.15) is 0 Å². The first-order valence-electron chi connectivity index (χ1n) is 6.15. The zero-order chi connectivity index (χ0) is 15.1. The first kappa shape index (κ1) is 19.3. The number of nitrogens with one attached hydrogen (secondary N) is 3. The Morgan fingerprint density at radius 3 is 2.10 bits per heavy atom. The van der Waals surface area contributed by atoms with Gasteiger partial charge in [0.25, 0.3) is 0 Å². The number of benzene rings is 1. The van der Waals surface area contributed by atoms with Crippen LogP contribution in [0.2, 0.25) is 0 Å². The number of carbonyl (C=O) groups is 2. The van der Waals surface area contributed by atoms with Crippen molar-refractivity contribution in [1.82, 2.24) is 5.32 Å². The molecule has 1 rings (SSSR count). The van der Waals surface area contributed by atoms with Crippen LogP contribution in [-0.4, -0.2) is 25.4 Å². The zero-order valence-electron chi connectivity index (χ0n) is 11.8. The first-order chi connectivity index (χ1) is 9.43. The summed E-state index contributed by atoms with van der Waals surface area (Å²) in [5, 5.41) is 7.69. The van der Waals surface area contributed by atoms with Crippen LogP contribution in [0.1, 0.15) is 19.8 Å². The van der Waals surface area contributed by atoms with Gasteiger partial charge in [0.05, 0.1) is 11.4 Å². The standard InChI is InChI=1S/C13H17F2N3O2.ClH/c1-8(19)17-11-6-9(14)10(15)7-12(11)18-13(20)4-3-5-16-2;/h6-7,16H,3-5H2,1-2H3,(H,17,19)(H,18,20);1H. The molecule has 2 amide bonds. The van der Waals surface area contributed by atoms with E-state index in [1.165, 1.54) is 6.92 Å². The van der Waals surface area contributed by atoms with Crippen LogP contribution in [0.3, 0.4) is 0 Å². The fourth-order valence-corrected chi connectivity index (χ4v) is 1.58. The molecule has 21 heavy (non-hydrogen) atoms. The Kier molecular flexibility index (Phi) is 8.49. The van der Waals surface area contributed by atoms with Crippen molar-refractivity contribution in [1.29, 1.82) is 0 Å². The zero-order valence-corrected chi connectivity index (χ0v) is 12.6. The maximum absolute atomic E-state index is 13.2. The molecule has 0 spiro atoms. The molecule has 0 heterocycles. The van der Waals surface area contributed by atoms with E-state index in [1.54, 1.807) is 7.05 Å². The van der Waals surface area contributed by atoms with E-state index in [1.807, 2.05) is 0 Å². The SMILES string of the molecule is CNCCCC(=O)Nc1cc(F)c(F)cc1NC(C)=O.Cl. The van der Waals surface area contributed by atoms with Gasteiger partial charge in [-0.15, -0.1) is 12.4 Å². The van der Waals surface area contributed by atoms with Crippen LogP contribution in [-0.2, 0) is 9.59 Å². The largest absolute Gasteiger partial charge is 0.324 e. The van der Waals surface area contributed by atoms with E-state index in [-0.39, 0.29) is 36.1 Å². The molecule has 0 aliphatic rings. The third-order valence-electron chi connectivity index (χ3n) is 2.48. The number of carbonyl (C=O) groups excluding carboxylic acids is 2. The van der Waals surface area contributed by atoms with E-state index in [2.05, 4.69) is 16.0 Å². The maximum atomic E-state index is 13.2. The van der Waals surface area contributed by atoms with Crippen LogP contribution < -0.4 is 16.0 Å². The summed E-state index contributed by atoms with van der Waals surface area (Å²) in [6.07, 6.45) is 0.848. The van der Waals surface area contributed by atoms with E-state index in [0.717, 1.165) is 12.1 Å². The average molecular weight is 322 g/mol. The summed E-state index contributed by atoms with van der Waals surface area (Å²) in [5.41, 5.74) is 0.0620. The smallest absolute Gasteiger partial charge is 0.224 e. The number of rotatable bonds is 6. The van der Waals surface area contributed by atoms with Crippen molar-refractivity contribution in [2.45, 2.75) is 19.8 Å². The maximum Gasteiger partial charge on any atom is 0.224 e. The van der Waals surface area contributed by atoms with Gasteiger partial charge < -0.3 is 16.0 Å². The van der Waals surface area contributed by atoms with Crippen molar-refractivity contribution in [3.8, 4) is 0 Å². The third kappa shape index (κ3) is 6.50. The predicted molar refractivity (Wildman–Crippen MR) is 79.7 cm³/mol. The highest BCUT2D eigenvalue weighted by Gasteiger charge is 2.13. The molecule has 0 unspecified atom stereocenters. The van der Waals surface area contributed by atoms with Gasteiger partial charge in [-0.05, 0) is 20.0 Å². The van der Waals surface area contributed by atoms with Gasteiger partial charge in [0.15, 0.2) is 11.6 Å². The highest BCUT2D eigenvalue weighted by molar-refractivity contribution is 5.98. The Bertz CT molecular complexity index is 512. The molecule has 3 N–H and O–H groups in total. The fourth-order valence-electron chi connectivity index (χ4n) is 1.58. The number of amides is 2. The lowest BCUT2D eigenvalue weighted by Gasteiger charge is -2.12. The van der Waals surface area contributed by atoms with E-state index < -0.39 is 17.5 Å². The van der Waals surface area contributed by atoms with Gasteiger partial charge in [0, 0.05) is 25.5 Å². The summed E-state index contributed by atoms with van der Waals surface area (Å²) in [6, 6.07) is 1.68. The predicted octanol–water partition coefficient (Wildman–Crippen LogP) is 2.28. The molecule has 0 saturated heterocycles. The molecule has 118 valence electrons. The van der Waals surface area contributed by atoms with E-state index in [0.29, 0.717) is 13.0 Å². The summed E-state index contributed by atoms with van der Waals surface area (Å²) in [4.78, 5) is 22.7. The van der Waals surface area contributed by atoms with Gasteiger partial charge in [-0.3, -0.25) is 9.59 Å². The molecule has 1 aromatic carbocycles. The van der Waals surface area contributed by atoms with E-state index >= 15 is 0 Å². The minimum Gasteiger partial charge on any atom is -0.324 e. The van der Waals surface area contributed by atoms with Crippen LogP contribution in [0.5, 0.6) is 0 Å². The summed E-state index contributed by atoms with van der Waals surface area (Å²) >= 11 is 0. The first-order valence-corrected chi connectivity index (χ1v) is 6.15. The molecule has 0 bridgehead atoms. The van der Waals surface area contributed by atoms with Crippen LogP contribution in [0.25, 0.3) is 0 Å². The van der Waals surface area contributed by atoms with Crippen molar-refractivity contribution in [2.24, 2.45) is 0 Å². The molecule has 0 fully saturated rings. The number of hydrogen-bond donors (Lipinski definition) is 3. The molecule has 0 saturated carbocycles. The van der Waals surface area contributed by atoms with Crippen molar-refractivity contribution in [3.05, 3.63) is 23.8 Å². The number of hydrogen-bond acceptors (Lipinski definition) is 3. The third-order valence-corrected chi connectivity index (χ3v) is 2.48. The summed E-state index contributed by atoms with van der Waals surface area (Å²) in [6.45, 7) is 1.91. The Labute approximate surface area is 127 Å². The molecule has 0 atom stereocenters. The minimum atomic E-state index is -1.10. The van der Waals surface area contributed by atoms with Gasteiger partial charge in [-0.1, -0.05) is 0 Å². The monoisotopic (exact) mass is 321 g/mol. The lowest BCUT2D eigenvalue weighted by molar-refractivity contribution is -0.116. The second-order valence-corrected chi connectivity index (χ2v) is 4.25. The lowest BCUT2D eigenvalue weighted by atomic mass is 10.2. The molecule has 5 nitrogen and oxygen atoms in total. The van der Waals surface area contributed by atoms with Gasteiger partial charge >= 0.3 is 0 Å². The second-order valence-electron chi connectivity index (χ2n) is 4.25. The minimum absolute atomic E-state index is 0. The molecule has 8 heteroatoms. The Balaban J connectivity index is 0.00000400. The van der Waals surface area contributed by atoms with Crippen molar-refractivity contribution < 1.29 is 18.4 Å². The van der Waals surface area contributed by atoms with Crippen molar-refractivity contribution in [3.63, 3.8) is 0 Å². The number of halogens is 3. The quantitative estimate of drug-likeness (QED) is 0.704. The molecular formula is C13H18ClF2N3O2. The topological polar surface area (TPSA) is 70.2 Å². The van der Waals surface area contributed by atoms with Crippen LogP contribution in [0.15, 0.2) is 12.1 Å². The van der Waals surface area contributed by atoms with Crippen molar-refractivity contribution >= 4 is 35.6 Å². The summed E-state index contributed by atoms with van der Waals surface area (Å²) in [7, 11) is 1.77. The molecule has 0 aliphatic carbocycles. The van der Waals surface area contributed by atoms with Crippen LogP contribution in [0.4, 0.5) is 20.2 Å². The van der Waals surface area contributed by atoms with E-state index in [4.69, 9.17) is 0 Å². The summed E-state index contributed by atoms with van der Waals surface area (Å²) < 4.78 is 26.4. The average Bonchev–Trinajstić information content (AvgIpc) is 2.35.